The van der Waals surface area contributed by atoms with Gasteiger partial charge < -0.3 is 10.1 Å². The Labute approximate surface area is 178 Å². The maximum absolute atomic E-state index is 12.7. The van der Waals surface area contributed by atoms with Crippen LogP contribution in [-0.2, 0) is 19.6 Å². The Bertz CT molecular complexity index is 1050. The van der Waals surface area contributed by atoms with Crippen molar-refractivity contribution in [2.45, 2.75) is 34.6 Å². The summed E-state index contributed by atoms with van der Waals surface area (Å²) in [6.45, 7) is 8.97. The SMILES string of the molecule is CCOC(=O)c1ccc(NC(=O)CN(c2c(C)cc(C)cc2C)S(C)(=O)=O)c(C)c1. The monoisotopic (exact) mass is 432 g/mol. The summed E-state index contributed by atoms with van der Waals surface area (Å²) in [7, 11) is -3.69. The van der Waals surface area contributed by atoms with Crippen molar-refractivity contribution in [2.24, 2.45) is 0 Å². The first-order valence-corrected chi connectivity index (χ1v) is 11.4. The molecular weight excluding hydrogens is 404 g/mol. The van der Waals surface area contributed by atoms with Gasteiger partial charge in [0.1, 0.15) is 6.54 Å². The molecule has 0 radical (unpaired) electrons. The molecule has 30 heavy (non-hydrogen) atoms. The second-order valence-electron chi connectivity index (χ2n) is 7.32. The van der Waals surface area contributed by atoms with Crippen LogP contribution in [0.1, 0.15) is 39.5 Å². The number of carbonyl (C=O) groups is 2. The first-order chi connectivity index (χ1) is 13.9. The molecule has 2 aromatic carbocycles. The lowest BCUT2D eigenvalue weighted by atomic mass is 10.1. The van der Waals surface area contributed by atoms with Crippen LogP contribution in [0.5, 0.6) is 0 Å². The van der Waals surface area contributed by atoms with E-state index in [1.165, 1.54) is 0 Å². The van der Waals surface area contributed by atoms with Gasteiger partial charge in [-0.2, -0.15) is 0 Å². The van der Waals surface area contributed by atoms with E-state index in [2.05, 4.69) is 5.32 Å². The van der Waals surface area contributed by atoms with E-state index in [1.54, 1.807) is 32.0 Å². The summed E-state index contributed by atoms with van der Waals surface area (Å²) in [6, 6.07) is 8.55. The molecule has 0 fully saturated rings. The van der Waals surface area contributed by atoms with Crippen molar-refractivity contribution in [3.05, 3.63) is 58.1 Å². The van der Waals surface area contributed by atoms with Gasteiger partial charge in [-0.25, -0.2) is 13.2 Å². The van der Waals surface area contributed by atoms with E-state index in [-0.39, 0.29) is 13.2 Å². The summed E-state index contributed by atoms with van der Waals surface area (Å²) in [5, 5.41) is 2.73. The van der Waals surface area contributed by atoms with Gasteiger partial charge in [0.15, 0.2) is 0 Å². The van der Waals surface area contributed by atoms with Gasteiger partial charge in [-0.05, 0) is 69.5 Å². The van der Waals surface area contributed by atoms with E-state index in [9.17, 15) is 18.0 Å². The summed E-state index contributed by atoms with van der Waals surface area (Å²) in [5.74, 6) is -0.918. The number of hydrogen-bond acceptors (Lipinski definition) is 5. The second kappa shape index (κ2) is 9.30. The summed E-state index contributed by atoms with van der Waals surface area (Å²) < 4.78 is 31.0. The summed E-state index contributed by atoms with van der Waals surface area (Å²) in [6.07, 6.45) is 1.08. The fourth-order valence-corrected chi connectivity index (χ4v) is 4.36. The van der Waals surface area contributed by atoms with E-state index in [4.69, 9.17) is 4.74 Å². The molecule has 7 nitrogen and oxygen atoms in total. The van der Waals surface area contributed by atoms with E-state index in [0.717, 1.165) is 27.3 Å². The number of amides is 1. The van der Waals surface area contributed by atoms with Crippen LogP contribution in [0, 0.1) is 27.7 Å². The van der Waals surface area contributed by atoms with E-state index in [0.29, 0.717) is 22.5 Å². The molecule has 0 saturated heterocycles. The molecule has 0 aromatic heterocycles. The summed E-state index contributed by atoms with van der Waals surface area (Å²) >= 11 is 0. The minimum Gasteiger partial charge on any atom is -0.462 e. The van der Waals surface area contributed by atoms with Crippen LogP contribution in [0.15, 0.2) is 30.3 Å². The van der Waals surface area contributed by atoms with E-state index >= 15 is 0 Å². The van der Waals surface area contributed by atoms with Crippen molar-refractivity contribution in [3.63, 3.8) is 0 Å². The molecule has 2 rings (SSSR count). The minimum absolute atomic E-state index is 0.273. The lowest BCUT2D eigenvalue weighted by Gasteiger charge is -2.26. The fraction of sp³-hybridized carbons (Fsp3) is 0.364. The quantitative estimate of drug-likeness (QED) is 0.676. The molecule has 0 spiro atoms. The predicted octanol–water partition coefficient (Wildman–Crippen LogP) is 3.50. The summed E-state index contributed by atoms with van der Waals surface area (Å²) in [4.78, 5) is 24.5. The molecule has 0 aliphatic carbocycles. The standard InChI is InChI=1S/C22H28N2O5S/c1-7-29-22(26)18-8-9-19(15(3)12-18)23-20(25)13-24(30(6,27)28)21-16(4)10-14(2)11-17(21)5/h8-12H,7,13H2,1-6H3,(H,23,25). The van der Waals surface area contributed by atoms with E-state index < -0.39 is 21.9 Å². The molecule has 0 aliphatic rings. The number of ether oxygens (including phenoxy) is 1. The Morgan fingerprint density at radius 1 is 1.00 bits per heavy atom. The van der Waals surface area contributed by atoms with Crippen molar-refractivity contribution in [2.75, 3.05) is 29.0 Å². The summed E-state index contributed by atoms with van der Waals surface area (Å²) in [5.41, 5.74) is 4.63. The number of benzene rings is 2. The Morgan fingerprint density at radius 3 is 2.10 bits per heavy atom. The number of carbonyl (C=O) groups excluding carboxylic acids is 2. The minimum atomic E-state index is -3.69. The highest BCUT2D eigenvalue weighted by Gasteiger charge is 2.24. The van der Waals surface area contributed by atoms with Crippen LogP contribution in [0.3, 0.4) is 0 Å². The Balaban J connectivity index is 2.27. The number of anilines is 2. The lowest BCUT2D eigenvalue weighted by molar-refractivity contribution is -0.114. The van der Waals surface area contributed by atoms with Crippen molar-refractivity contribution in [1.29, 1.82) is 0 Å². The molecule has 1 N–H and O–H groups in total. The fourth-order valence-electron chi connectivity index (χ4n) is 3.39. The highest BCUT2D eigenvalue weighted by Crippen LogP contribution is 2.28. The smallest absolute Gasteiger partial charge is 0.338 e. The number of esters is 1. The third kappa shape index (κ3) is 5.60. The Hall–Kier alpha value is -2.87. The van der Waals surface area contributed by atoms with Gasteiger partial charge in [0, 0.05) is 5.69 Å². The topological polar surface area (TPSA) is 92.8 Å². The van der Waals surface area contributed by atoms with Crippen LogP contribution in [0.4, 0.5) is 11.4 Å². The first kappa shape index (κ1) is 23.4. The molecule has 0 saturated carbocycles. The van der Waals surface area contributed by atoms with Gasteiger partial charge in [0.05, 0.1) is 24.1 Å². The number of aryl methyl sites for hydroxylation is 4. The van der Waals surface area contributed by atoms with Gasteiger partial charge in [0.25, 0.3) is 0 Å². The molecule has 0 heterocycles. The van der Waals surface area contributed by atoms with Crippen LogP contribution >= 0.6 is 0 Å². The average molecular weight is 433 g/mol. The van der Waals surface area contributed by atoms with Gasteiger partial charge in [0.2, 0.25) is 15.9 Å². The second-order valence-corrected chi connectivity index (χ2v) is 9.22. The van der Waals surface area contributed by atoms with Crippen molar-refractivity contribution in [3.8, 4) is 0 Å². The Kier molecular flexibility index (Phi) is 7.25. The zero-order valence-corrected chi connectivity index (χ0v) is 19.0. The number of hydrogen-bond donors (Lipinski definition) is 1. The molecule has 0 aliphatic heterocycles. The lowest BCUT2D eigenvalue weighted by Crippen LogP contribution is -2.38. The van der Waals surface area contributed by atoms with Crippen LogP contribution in [0.25, 0.3) is 0 Å². The first-order valence-electron chi connectivity index (χ1n) is 9.57. The molecular formula is C22H28N2O5S. The van der Waals surface area contributed by atoms with E-state index in [1.807, 2.05) is 32.9 Å². The van der Waals surface area contributed by atoms with Gasteiger partial charge >= 0.3 is 5.97 Å². The van der Waals surface area contributed by atoms with Crippen molar-refractivity contribution in [1.82, 2.24) is 0 Å². The van der Waals surface area contributed by atoms with Gasteiger partial charge in [-0.3, -0.25) is 9.10 Å². The van der Waals surface area contributed by atoms with Crippen LogP contribution in [-0.4, -0.2) is 39.7 Å². The number of nitrogens with one attached hydrogen (secondary N) is 1. The van der Waals surface area contributed by atoms with Crippen molar-refractivity contribution >= 4 is 33.3 Å². The third-order valence-electron chi connectivity index (χ3n) is 4.58. The molecule has 162 valence electrons. The van der Waals surface area contributed by atoms with Crippen LogP contribution < -0.4 is 9.62 Å². The zero-order valence-electron chi connectivity index (χ0n) is 18.2. The Morgan fingerprint density at radius 2 is 1.60 bits per heavy atom. The predicted molar refractivity (Wildman–Crippen MR) is 119 cm³/mol. The highest BCUT2D eigenvalue weighted by molar-refractivity contribution is 7.92. The average Bonchev–Trinajstić information content (AvgIpc) is 2.61. The normalized spacial score (nSPS) is 11.1. The number of rotatable bonds is 7. The zero-order chi connectivity index (χ0) is 22.6. The molecule has 0 atom stereocenters. The maximum atomic E-state index is 12.7. The third-order valence-corrected chi connectivity index (χ3v) is 5.70. The van der Waals surface area contributed by atoms with Gasteiger partial charge in [-0.15, -0.1) is 0 Å². The maximum Gasteiger partial charge on any atom is 0.338 e. The molecule has 2 aromatic rings. The van der Waals surface area contributed by atoms with Gasteiger partial charge in [-0.1, -0.05) is 17.7 Å². The molecule has 8 heteroatoms. The highest BCUT2D eigenvalue weighted by atomic mass is 32.2. The molecule has 0 bridgehead atoms. The number of sulfonamides is 1. The largest absolute Gasteiger partial charge is 0.462 e. The molecule has 0 unspecified atom stereocenters. The van der Waals surface area contributed by atoms with Crippen LogP contribution in [0.2, 0.25) is 0 Å². The molecule has 1 amide bonds. The number of nitrogens with zero attached hydrogens (tertiary/aromatic N) is 1. The van der Waals surface area contributed by atoms with Crippen molar-refractivity contribution < 1.29 is 22.7 Å².